The quantitative estimate of drug-likeness (QED) is 0.556. The molecule has 1 amide bonds. The Labute approximate surface area is 158 Å². The third kappa shape index (κ3) is 4.46. The molecule has 0 aliphatic carbocycles. The van der Waals surface area contributed by atoms with Gasteiger partial charge in [-0.25, -0.2) is 4.79 Å². The first-order valence-electron chi connectivity index (χ1n) is 8.21. The zero-order valence-electron chi connectivity index (χ0n) is 16.4. The van der Waals surface area contributed by atoms with Crippen molar-refractivity contribution in [2.45, 2.75) is 0 Å². The van der Waals surface area contributed by atoms with Gasteiger partial charge in [-0.3, -0.25) is 4.79 Å². The van der Waals surface area contributed by atoms with Crippen molar-refractivity contribution in [3.63, 3.8) is 0 Å². The summed E-state index contributed by atoms with van der Waals surface area (Å²) in [4.78, 5) is 28.7. The van der Waals surface area contributed by atoms with Gasteiger partial charge in [-0.15, -0.1) is 0 Å². The van der Waals surface area contributed by atoms with Crippen molar-refractivity contribution in [2.75, 3.05) is 47.4 Å². The van der Waals surface area contributed by atoms with Crippen molar-refractivity contribution >= 4 is 23.3 Å². The monoisotopic (exact) mass is 372 g/mol. The van der Waals surface area contributed by atoms with Crippen LogP contribution in [0.15, 0.2) is 52.9 Å². The third-order valence-corrected chi connectivity index (χ3v) is 3.63. The zero-order valence-corrected chi connectivity index (χ0v) is 16.4. The first kappa shape index (κ1) is 20.0. The van der Waals surface area contributed by atoms with Gasteiger partial charge >= 0.3 is 5.97 Å². The lowest BCUT2D eigenvalue weighted by Crippen LogP contribution is -2.24. The van der Waals surface area contributed by atoms with Gasteiger partial charge in [-0.1, -0.05) is 0 Å². The summed E-state index contributed by atoms with van der Waals surface area (Å²) in [6.45, 7) is 0. The molecule has 2 rings (SSSR count). The van der Waals surface area contributed by atoms with Crippen LogP contribution in [0.3, 0.4) is 0 Å². The summed E-state index contributed by atoms with van der Waals surface area (Å²) in [5.74, 6) is -0.240. The van der Waals surface area contributed by atoms with Gasteiger partial charge in [0.25, 0.3) is 5.91 Å². The van der Waals surface area contributed by atoms with Crippen molar-refractivity contribution in [2.24, 2.45) is 5.10 Å². The summed E-state index contributed by atoms with van der Waals surface area (Å²) >= 11 is 0. The molecule has 0 aromatic heterocycles. The lowest BCUT2D eigenvalue weighted by molar-refractivity contribution is -0.135. The molecule has 0 N–H and O–H groups in total. The van der Waals surface area contributed by atoms with Crippen LogP contribution < -0.4 is 9.75 Å². The minimum atomic E-state index is -0.573. The molecule has 144 valence electrons. The van der Waals surface area contributed by atoms with Crippen LogP contribution in [-0.4, -0.2) is 69.8 Å². The lowest BCUT2D eigenvalue weighted by atomic mass is 10.0. The predicted octanol–water partition coefficient (Wildman–Crippen LogP) is 1.46. The molecule has 0 fully saturated rings. The van der Waals surface area contributed by atoms with Gasteiger partial charge in [0.2, 0.25) is 0 Å². The number of carbonyl (C=O) groups excluding carboxylic acids is 2. The number of ether oxygens (including phenoxy) is 2. The Morgan fingerprint density at radius 2 is 1.70 bits per heavy atom. The first-order chi connectivity index (χ1) is 12.8. The molecule has 8 nitrogen and oxygen atoms in total. The Hall–Kier alpha value is -3.29. The van der Waals surface area contributed by atoms with E-state index < -0.39 is 5.97 Å². The average molecular weight is 372 g/mol. The van der Waals surface area contributed by atoms with Gasteiger partial charge in [0.05, 0.1) is 25.5 Å². The molecule has 1 heterocycles. The van der Waals surface area contributed by atoms with Crippen LogP contribution in [0.4, 0.5) is 5.69 Å². The molecule has 27 heavy (non-hydrogen) atoms. The molecule has 0 spiro atoms. The Kier molecular flexibility index (Phi) is 6.23. The van der Waals surface area contributed by atoms with E-state index in [9.17, 15) is 9.59 Å². The number of benzene rings is 1. The van der Waals surface area contributed by atoms with Crippen molar-refractivity contribution in [1.29, 1.82) is 0 Å². The normalized spacial score (nSPS) is 15.7. The van der Waals surface area contributed by atoms with Gasteiger partial charge in [0.1, 0.15) is 17.0 Å². The summed E-state index contributed by atoms with van der Waals surface area (Å²) in [5.41, 5.74) is 1.31. The molecule has 0 atom stereocenters. The highest BCUT2D eigenvalue weighted by molar-refractivity contribution is 6.40. The van der Waals surface area contributed by atoms with Crippen LogP contribution in [0.1, 0.15) is 0 Å². The summed E-state index contributed by atoms with van der Waals surface area (Å²) in [6.07, 6.45) is 3.22. The van der Waals surface area contributed by atoms with E-state index in [0.29, 0.717) is 17.0 Å². The highest BCUT2D eigenvalue weighted by Gasteiger charge is 2.36. The van der Waals surface area contributed by atoms with Crippen molar-refractivity contribution in [3.8, 4) is 5.75 Å². The molecule has 1 aliphatic rings. The van der Waals surface area contributed by atoms with E-state index in [4.69, 9.17) is 9.47 Å². The molecule has 0 saturated carbocycles. The highest BCUT2D eigenvalue weighted by atomic mass is 16.5. The van der Waals surface area contributed by atoms with E-state index in [0.717, 1.165) is 0 Å². The molecular formula is C19H24N4O4. The smallest absolute Gasteiger partial charge is 0.341 e. The second-order valence-electron chi connectivity index (χ2n) is 6.27. The van der Waals surface area contributed by atoms with Crippen LogP contribution in [0.5, 0.6) is 5.75 Å². The highest BCUT2D eigenvalue weighted by Crippen LogP contribution is 2.28. The Morgan fingerprint density at radius 3 is 2.19 bits per heavy atom. The number of nitrogens with zero attached hydrogens (tertiary/aromatic N) is 4. The van der Waals surface area contributed by atoms with E-state index >= 15 is 0 Å². The predicted molar refractivity (Wildman–Crippen MR) is 103 cm³/mol. The van der Waals surface area contributed by atoms with E-state index in [1.807, 2.05) is 0 Å². The maximum Gasteiger partial charge on any atom is 0.341 e. The van der Waals surface area contributed by atoms with E-state index in [2.05, 4.69) is 5.10 Å². The van der Waals surface area contributed by atoms with Crippen LogP contribution >= 0.6 is 0 Å². The second-order valence-corrected chi connectivity index (χ2v) is 6.27. The lowest BCUT2D eigenvalue weighted by Gasteiger charge is -2.13. The van der Waals surface area contributed by atoms with Crippen LogP contribution in [-0.2, 0) is 14.3 Å². The molecule has 0 bridgehead atoms. The van der Waals surface area contributed by atoms with Gasteiger partial charge in [0, 0.05) is 40.6 Å². The molecule has 0 unspecified atom stereocenters. The fourth-order valence-electron chi connectivity index (χ4n) is 2.47. The fourth-order valence-corrected chi connectivity index (χ4v) is 2.47. The molecule has 1 aromatic carbocycles. The zero-order chi connectivity index (χ0) is 20.1. The average Bonchev–Trinajstić information content (AvgIpc) is 2.95. The number of hydrazone groups is 1. The molecule has 0 saturated heterocycles. The molecular weight excluding hydrogens is 348 g/mol. The van der Waals surface area contributed by atoms with Gasteiger partial charge < -0.3 is 19.3 Å². The second kappa shape index (κ2) is 8.39. The first-order valence-corrected chi connectivity index (χ1v) is 8.21. The topological polar surface area (TPSA) is 74.7 Å². The van der Waals surface area contributed by atoms with Crippen LogP contribution in [0.2, 0.25) is 0 Å². The van der Waals surface area contributed by atoms with Crippen LogP contribution in [0.25, 0.3) is 0 Å². The molecule has 0 radical (unpaired) electrons. The number of esters is 1. The van der Waals surface area contributed by atoms with Crippen LogP contribution in [0, 0.1) is 0 Å². The van der Waals surface area contributed by atoms with Crippen molar-refractivity contribution < 1.29 is 19.1 Å². The Bertz CT molecular complexity index is 808. The van der Waals surface area contributed by atoms with Crippen molar-refractivity contribution in [3.05, 3.63) is 47.8 Å². The SMILES string of the molecule is COC(=O)C(=CN(C)C)C1=NN(c2ccc(OC)cc2)C(=O)C1=CN(C)C. The molecule has 1 aromatic rings. The summed E-state index contributed by atoms with van der Waals surface area (Å²) in [7, 11) is 10.00. The van der Waals surface area contributed by atoms with Gasteiger partial charge in [0.15, 0.2) is 0 Å². The number of hydrogen-bond donors (Lipinski definition) is 0. The van der Waals surface area contributed by atoms with Crippen molar-refractivity contribution in [1.82, 2.24) is 9.80 Å². The molecule has 1 aliphatic heterocycles. The maximum absolute atomic E-state index is 13.0. The van der Waals surface area contributed by atoms with E-state index in [-0.39, 0.29) is 17.2 Å². The number of carbonyl (C=O) groups is 2. The van der Waals surface area contributed by atoms with Gasteiger partial charge in [-0.05, 0) is 24.3 Å². The minimum absolute atomic E-state index is 0.194. The fraction of sp³-hybridized carbons (Fsp3) is 0.316. The number of amides is 1. The Morgan fingerprint density at radius 1 is 1.07 bits per heavy atom. The summed E-state index contributed by atoms with van der Waals surface area (Å²) in [5, 5.41) is 5.68. The maximum atomic E-state index is 13.0. The minimum Gasteiger partial charge on any atom is -0.497 e. The van der Waals surface area contributed by atoms with E-state index in [1.54, 1.807) is 81.8 Å². The van der Waals surface area contributed by atoms with Gasteiger partial charge in [-0.2, -0.15) is 10.1 Å². The van der Waals surface area contributed by atoms with E-state index in [1.165, 1.54) is 12.1 Å². The standard InChI is InChI=1S/C19H24N4O4/c1-21(2)11-15-17(16(12-22(3)4)19(25)27-6)20-23(18(15)24)13-7-9-14(26-5)10-8-13/h7-12H,1-6H3. The largest absolute Gasteiger partial charge is 0.497 e. The Balaban J connectivity index is 2.58. The number of anilines is 1. The third-order valence-electron chi connectivity index (χ3n) is 3.63. The molecule has 8 heteroatoms. The summed E-state index contributed by atoms with van der Waals surface area (Å²) < 4.78 is 10.0. The number of methoxy groups -OCH3 is 2. The number of hydrogen-bond acceptors (Lipinski definition) is 7. The number of rotatable bonds is 6. The summed E-state index contributed by atoms with van der Waals surface area (Å²) in [6, 6.07) is 6.93.